The van der Waals surface area contributed by atoms with E-state index in [1.54, 1.807) is 0 Å². The lowest BCUT2D eigenvalue weighted by atomic mass is 10.2. The summed E-state index contributed by atoms with van der Waals surface area (Å²) in [7, 11) is 0. The molecule has 0 aromatic heterocycles. The molecule has 2 aliphatic heterocycles. The van der Waals surface area contributed by atoms with Crippen molar-refractivity contribution in [2.75, 3.05) is 26.2 Å². The van der Waals surface area contributed by atoms with Crippen LogP contribution in [0.3, 0.4) is 0 Å². The molecule has 1 fully saturated rings. The summed E-state index contributed by atoms with van der Waals surface area (Å²) in [5, 5.41) is 0. The molecule has 1 atom stereocenters. The maximum absolute atomic E-state index is 5.80. The summed E-state index contributed by atoms with van der Waals surface area (Å²) in [6.45, 7) is 5.37. The first-order valence-corrected chi connectivity index (χ1v) is 4.64. The van der Waals surface area contributed by atoms with Crippen molar-refractivity contribution in [2.45, 2.75) is 13.0 Å². The fourth-order valence-corrected chi connectivity index (χ4v) is 1.71. The van der Waals surface area contributed by atoms with E-state index in [1.165, 1.54) is 0 Å². The maximum Gasteiger partial charge on any atom is 0.147 e. The fourth-order valence-electron chi connectivity index (χ4n) is 1.71. The highest BCUT2D eigenvalue weighted by Gasteiger charge is 2.22. The third-order valence-corrected chi connectivity index (χ3v) is 2.35. The van der Waals surface area contributed by atoms with Gasteiger partial charge in [-0.25, -0.2) is 0 Å². The van der Waals surface area contributed by atoms with Crippen LogP contribution in [0.15, 0.2) is 16.8 Å². The molecule has 4 nitrogen and oxygen atoms in total. The Balaban J connectivity index is 2.04. The monoisotopic (exact) mass is 181 g/mol. The number of nitrogens with zero attached hydrogens (tertiary/aromatic N) is 2. The molecule has 72 valence electrons. The average Bonchev–Trinajstić information content (AvgIpc) is 2.51. The van der Waals surface area contributed by atoms with E-state index in [9.17, 15) is 0 Å². The van der Waals surface area contributed by atoms with E-state index >= 15 is 0 Å². The maximum atomic E-state index is 5.80. The highest BCUT2D eigenvalue weighted by atomic mass is 16.5. The number of rotatable bonds is 0. The molecule has 1 unspecified atom stereocenters. The topological polar surface area (TPSA) is 50.8 Å². The van der Waals surface area contributed by atoms with Gasteiger partial charge in [-0.2, -0.15) is 0 Å². The van der Waals surface area contributed by atoms with Crippen molar-refractivity contribution in [3.05, 3.63) is 11.8 Å². The van der Waals surface area contributed by atoms with Crippen molar-refractivity contribution in [3.63, 3.8) is 0 Å². The van der Waals surface area contributed by atoms with Gasteiger partial charge in [0.05, 0.1) is 25.0 Å². The molecule has 0 aromatic rings. The van der Waals surface area contributed by atoms with Crippen molar-refractivity contribution in [3.8, 4) is 0 Å². The number of amidine groups is 1. The molecular formula is C9H15N3O. The molecule has 13 heavy (non-hydrogen) atoms. The minimum atomic E-state index is 0.282. The number of hydrogen-bond acceptors (Lipinski definition) is 4. The van der Waals surface area contributed by atoms with Gasteiger partial charge in [0.2, 0.25) is 0 Å². The predicted octanol–water partition coefficient (Wildman–Crippen LogP) is -0.0382. The van der Waals surface area contributed by atoms with Gasteiger partial charge in [0.15, 0.2) is 0 Å². The first-order valence-electron chi connectivity index (χ1n) is 4.64. The second-order valence-electron chi connectivity index (χ2n) is 3.45. The predicted molar refractivity (Wildman–Crippen MR) is 51.6 cm³/mol. The van der Waals surface area contributed by atoms with Crippen molar-refractivity contribution < 1.29 is 4.74 Å². The lowest BCUT2D eigenvalue weighted by Gasteiger charge is -2.32. The second-order valence-corrected chi connectivity index (χ2v) is 3.45. The van der Waals surface area contributed by atoms with E-state index in [1.807, 2.05) is 6.08 Å². The highest BCUT2D eigenvalue weighted by molar-refractivity contribution is 5.99. The lowest BCUT2D eigenvalue weighted by molar-refractivity contribution is 0.00592. The third-order valence-electron chi connectivity index (χ3n) is 2.35. The molecule has 0 radical (unpaired) electrons. The van der Waals surface area contributed by atoms with Crippen LogP contribution in [0.1, 0.15) is 6.92 Å². The van der Waals surface area contributed by atoms with Crippen molar-refractivity contribution >= 4 is 5.84 Å². The van der Waals surface area contributed by atoms with E-state index in [-0.39, 0.29) is 6.10 Å². The Bertz CT molecular complexity index is 260. The number of morpholine rings is 1. The Morgan fingerprint density at radius 2 is 2.54 bits per heavy atom. The van der Waals surface area contributed by atoms with Gasteiger partial charge in [0.25, 0.3) is 0 Å². The van der Waals surface area contributed by atoms with E-state index < -0.39 is 0 Å². The lowest BCUT2D eigenvalue weighted by Crippen LogP contribution is -2.45. The third kappa shape index (κ3) is 1.67. The summed E-state index contributed by atoms with van der Waals surface area (Å²) in [4.78, 5) is 6.55. The second kappa shape index (κ2) is 3.38. The zero-order valence-electron chi connectivity index (χ0n) is 7.86. The molecular weight excluding hydrogens is 166 g/mol. The molecule has 2 N–H and O–H groups in total. The largest absolute Gasteiger partial charge is 0.396 e. The molecule has 0 saturated carbocycles. The zero-order valence-corrected chi connectivity index (χ0v) is 7.86. The molecule has 1 saturated heterocycles. The molecule has 0 spiro atoms. The number of aliphatic imine (C=N–C) groups is 1. The minimum absolute atomic E-state index is 0.282. The Morgan fingerprint density at radius 1 is 1.69 bits per heavy atom. The van der Waals surface area contributed by atoms with Gasteiger partial charge in [0.1, 0.15) is 5.84 Å². The number of ether oxygens (including phenoxy) is 1. The standard InChI is InChI=1S/C9H15N3O/c1-7-6-12(4-5-13-7)9-8(10)2-3-11-9/h2,7H,3-6,10H2,1H3. The Labute approximate surface area is 78.1 Å². The zero-order chi connectivity index (χ0) is 9.26. The van der Waals surface area contributed by atoms with Crippen LogP contribution in [0.5, 0.6) is 0 Å². The molecule has 2 aliphatic rings. The van der Waals surface area contributed by atoms with E-state index in [2.05, 4.69) is 16.8 Å². The first kappa shape index (κ1) is 8.56. The van der Waals surface area contributed by atoms with Crippen LogP contribution in [0.4, 0.5) is 0 Å². The molecule has 0 aromatic carbocycles. The molecule has 2 rings (SSSR count). The molecule has 0 bridgehead atoms. The summed E-state index contributed by atoms with van der Waals surface area (Å²) in [6, 6.07) is 0. The normalized spacial score (nSPS) is 28.7. The van der Waals surface area contributed by atoms with Crippen LogP contribution in [-0.4, -0.2) is 43.1 Å². The quantitative estimate of drug-likeness (QED) is 0.570. The minimum Gasteiger partial charge on any atom is -0.396 e. The van der Waals surface area contributed by atoms with Gasteiger partial charge in [0, 0.05) is 13.1 Å². The van der Waals surface area contributed by atoms with Gasteiger partial charge < -0.3 is 15.4 Å². The van der Waals surface area contributed by atoms with Crippen molar-refractivity contribution in [1.29, 1.82) is 0 Å². The van der Waals surface area contributed by atoms with Crippen LogP contribution in [0, 0.1) is 0 Å². The van der Waals surface area contributed by atoms with Gasteiger partial charge in [-0.1, -0.05) is 0 Å². The van der Waals surface area contributed by atoms with Crippen LogP contribution >= 0.6 is 0 Å². The van der Waals surface area contributed by atoms with Crippen LogP contribution in [0.2, 0.25) is 0 Å². The van der Waals surface area contributed by atoms with Gasteiger partial charge >= 0.3 is 0 Å². The highest BCUT2D eigenvalue weighted by Crippen LogP contribution is 2.11. The van der Waals surface area contributed by atoms with E-state index in [4.69, 9.17) is 10.5 Å². The fraction of sp³-hybridized carbons (Fsp3) is 0.667. The summed E-state index contributed by atoms with van der Waals surface area (Å²) in [5.74, 6) is 0.954. The van der Waals surface area contributed by atoms with E-state index in [0.717, 1.165) is 37.8 Å². The molecule has 2 heterocycles. The Kier molecular flexibility index (Phi) is 2.22. The molecule has 0 amide bonds. The number of nitrogens with two attached hydrogens (primary N) is 1. The van der Waals surface area contributed by atoms with Crippen LogP contribution in [-0.2, 0) is 4.74 Å². The summed E-state index contributed by atoms with van der Waals surface area (Å²) < 4.78 is 5.45. The van der Waals surface area contributed by atoms with Crippen LogP contribution < -0.4 is 5.73 Å². The Morgan fingerprint density at radius 3 is 3.15 bits per heavy atom. The van der Waals surface area contributed by atoms with Gasteiger partial charge in [-0.15, -0.1) is 0 Å². The van der Waals surface area contributed by atoms with Gasteiger partial charge in [-0.3, -0.25) is 4.99 Å². The molecule has 0 aliphatic carbocycles. The summed E-state index contributed by atoms with van der Waals surface area (Å²) >= 11 is 0. The van der Waals surface area contributed by atoms with Gasteiger partial charge in [-0.05, 0) is 13.0 Å². The Hall–Kier alpha value is -1.03. The van der Waals surface area contributed by atoms with Crippen LogP contribution in [0.25, 0.3) is 0 Å². The average molecular weight is 181 g/mol. The molecule has 4 heteroatoms. The summed E-state index contributed by atoms with van der Waals surface area (Å²) in [6.07, 6.45) is 2.24. The van der Waals surface area contributed by atoms with E-state index in [0.29, 0.717) is 0 Å². The smallest absolute Gasteiger partial charge is 0.147 e. The van der Waals surface area contributed by atoms with Crippen molar-refractivity contribution in [1.82, 2.24) is 4.90 Å². The number of hydrogen-bond donors (Lipinski definition) is 1. The first-order chi connectivity index (χ1) is 6.27. The SMILES string of the molecule is CC1CN(C2=NCC=C2N)CCO1. The summed E-state index contributed by atoms with van der Waals surface area (Å²) in [5.41, 5.74) is 6.62. The van der Waals surface area contributed by atoms with Crippen molar-refractivity contribution in [2.24, 2.45) is 10.7 Å².